The molecule has 0 aromatic heterocycles. The molecule has 1 aliphatic rings. The summed E-state index contributed by atoms with van der Waals surface area (Å²) in [5.41, 5.74) is 0.448. The predicted molar refractivity (Wildman–Crippen MR) is 130 cm³/mol. The minimum Gasteiger partial charge on any atom is -0.463 e. The number of nitrogens with one attached hydrogen (secondary N) is 2. The number of esters is 1. The van der Waals surface area contributed by atoms with Gasteiger partial charge >= 0.3 is 5.97 Å². The first-order chi connectivity index (χ1) is 15.1. The second-order valence-electron chi connectivity index (χ2n) is 8.80. The van der Waals surface area contributed by atoms with E-state index >= 15 is 0 Å². The summed E-state index contributed by atoms with van der Waals surface area (Å²) < 4.78 is 4.92. The number of hydrogen-bond donors (Lipinski definition) is 2. The van der Waals surface area contributed by atoms with Crippen LogP contribution in [0.5, 0.6) is 0 Å². The lowest BCUT2D eigenvalue weighted by atomic mass is 9.97. The molecule has 2 amide bonds. The number of carbonyl (C=O) groups is 3. The van der Waals surface area contributed by atoms with Gasteiger partial charge in [-0.2, -0.15) is 0 Å². The third kappa shape index (κ3) is 10.6. The Balaban J connectivity index is 0.00000302. The van der Waals surface area contributed by atoms with E-state index in [-0.39, 0.29) is 30.3 Å². The van der Waals surface area contributed by atoms with Crippen molar-refractivity contribution in [3.8, 4) is 0 Å². The van der Waals surface area contributed by atoms with Gasteiger partial charge in [-0.25, -0.2) is 4.79 Å². The molecule has 7 nitrogen and oxygen atoms in total. The topological polar surface area (TPSA) is 87.7 Å². The van der Waals surface area contributed by atoms with Gasteiger partial charge in [0.15, 0.2) is 0 Å². The third-order valence-corrected chi connectivity index (χ3v) is 5.53. The van der Waals surface area contributed by atoms with Crippen molar-refractivity contribution in [2.75, 3.05) is 19.7 Å². The Kier molecular flexibility index (Phi) is 15.7. The molecule has 0 aromatic carbocycles. The van der Waals surface area contributed by atoms with Crippen LogP contribution in [0.15, 0.2) is 11.6 Å². The highest BCUT2D eigenvalue weighted by molar-refractivity contribution is 5.90. The largest absolute Gasteiger partial charge is 0.463 e. The lowest BCUT2D eigenvalue weighted by Crippen LogP contribution is -2.57. The Morgan fingerprint density at radius 3 is 2.25 bits per heavy atom. The maximum Gasteiger partial charge on any atom is 0.333 e. The highest BCUT2D eigenvalue weighted by Gasteiger charge is 2.34. The van der Waals surface area contributed by atoms with Crippen LogP contribution in [0, 0.1) is 5.92 Å². The zero-order valence-electron chi connectivity index (χ0n) is 21.6. The van der Waals surface area contributed by atoms with Crippen LogP contribution >= 0.6 is 0 Å². The van der Waals surface area contributed by atoms with Gasteiger partial charge in [-0.3, -0.25) is 14.5 Å². The predicted octanol–water partition coefficient (Wildman–Crippen LogP) is 3.82. The summed E-state index contributed by atoms with van der Waals surface area (Å²) in [6.07, 6.45) is 6.82. The minimum absolute atomic E-state index is 0.0466. The molecule has 2 N–H and O–H groups in total. The number of nitrogens with zero attached hydrogens (tertiary/aromatic N) is 1. The van der Waals surface area contributed by atoms with Crippen LogP contribution in [0.1, 0.15) is 87.5 Å². The van der Waals surface area contributed by atoms with Gasteiger partial charge in [0.2, 0.25) is 11.8 Å². The molecule has 3 atom stereocenters. The van der Waals surface area contributed by atoms with Gasteiger partial charge in [-0.05, 0) is 52.5 Å². The zero-order valence-corrected chi connectivity index (χ0v) is 21.6. The van der Waals surface area contributed by atoms with Crippen molar-refractivity contribution >= 4 is 17.8 Å². The quantitative estimate of drug-likeness (QED) is 0.388. The minimum atomic E-state index is -0.612. The number of likely N-dealkylation sites (tertiary alicyclic amines) is 1. The van der Waals surface area contributed by atoms with E-state index in [1.807, 2.05) is 13.8 Å². The van der Waals surface area contributed by atoms with E-state index in [4.69, 9.17) is 4.74 Å². The van der Waals surface area contributed by atoms with E-state index in [1.54, 1.807) is 19.9 Å². The number of rotatable bonds is 10. The maximum absolute atomic E-state index is 13.0. The molecule has 7 heteroatoms. The number of hydrogen-bond acceptors (Lipinski definition) is 5. The summed E-state index contributed by atoms with van der Waals surface area (Å²) in [4.78, 5) is 39.5. The highest BCUT2D eigenvalue weighted by Crippen LogP contribution is 2.21. The Hall–Kier alpha value is -1.89. The third-order valence-electron chi connectivity index (χ3n) is 5.53. The van der Waals surface area contributed by atoms with Gasteiger partial charge in [-0.15, -0.1) is 0 Å². The molecule has 186 valence electrons. The number of amides is 2. The summed E-state index contributed by atoms with van der Waals surface area (Å²) in [6.45, 7) is 17.2. The maximum atomic E-state index is 13.0. The fourth-order valence-electron chi connectivity index (χ4n) is 3.52. The fourth-order valence-corrected chi connectivity index (χ4v) is 3.52. The van der Waals surface area contributed by atoms with Crippen LogP contribution in [0.2, 0.25) is 0 Å². The van der Waals surface area contributed by atoms with Gasteiger partial charge in [-0.1, -0.05) is 53.5 Å². The molecule has 0 saturated carbocycles. The van der Waals surface area contributed by atoms with E-state index in [0.717, 1.165) is 32.2 Å². The van der Waals surface area contributed by atoms with Crippen LogP contribution in [0.3, 0.4) is 0 Å². The lowest BCUT2D eigenvalue weighted by Gasteiger charge is -2.39. The molecule has 1 saturated heterocycles. The number of piperidine rings is 1. The molecule has 1 aliphatic heterocycles. The van der Waals surface area contributed by atoms with Crippen LogP contribution in [0.25, 0.3) is 0 Å². The standard InChI is InChI=1S/C22H39N3O4.C3H8/c1-7-17(6)25-14-10-9-11-18(25)20(26)24-19(15(3)4)21(27)23-13-12-16(5)22(28)29-8-2;1-3-2/h12,15,17-19H,7-11,13-14H2,1-6H3,(H,23,27)(H,24,26);3H2,1-2H3/b16-12+;. The van der Waals surface area contributed by atoms with Crippen molar-refractivity contribution in [2.24, 2.45) is 5.92 Å². The molecule has 3 unspecified atom stereocenters. The van der Waals surface area contributed by atoms with Crippen molar-refractivity contribution in [2.45, 2.75) is 106 Å². The first kappa shape index (κ1) is 30.1. The molecule has 32 heavy (non-hydrogen) atoms. The molecule has 1 rings (SSSR count). The summed E-state index contributed by atoms with van der Waals surface area (Å²) in [5.74, 6) is -0.753. The van der Waals surface area contributed by atoms with Gasteiger partial charge in [0.05, 0.1) is 12.6 Å². The monoisotopic (exact) mass is 453 g/mol. The summed E-state index contributed by atoms with van der Waals surface area (Å²) in [6, 6.07) is -0.452. The molecule has 0 radical (unpaired) electrons. The zero-order chi connectivity index (χ0) is 24.7. The first-order valence-electron chi connectivity index (χ1n) is 12.3. The van der Waals surface area contributed by atoms with Crippen molar-refractivity contribution in [1.29, 1.82) is 0 Å². The van der Waals surface area contributed by atoms with E-state index in [9.17, 15) is 14.4 Å². The second-order valence-corrected chi connectivity index (χ2v) is 8.80. The molecule has 0 aliphatic carbocycles. The van der Waals surface area contributed by atoms with Crippen LogP contribution < -0.4 is 10.6 Å². The van der Waals surface area contributed by atoms with Crippen molar-refractivity contribution in [1.82, 2.24) is 15.5 Å². The van der Waals surface area contributed by atoms with E-state index in [2.05, 4.69) is 43.2 Å². The van der Waals surface area contributed by atoms with Gasteiger partial charge in [0, 0.05) is 18.2 Å². The Labute approximate surface area is 195 Å². The smallest absolute Gasteiger partial charge is 0.333 e. The van der Waals surface area contributed by atoms with Gasteiger partial charge < -0.3 is 15.4 Å². The van der Waals surface area contributed by atoms with Gasteiger partial charge in [0.1, 0.15) is 6.04 Å². The number of carbonyl (C=O) groups excluding carboxylic acids is 3. The average Bonchev–Trinajstić information content (AvgIpc) is 2.76. The lowest BCUT2D eigenvalue weighted by molar-refractivity contribution is -0.138. The fraction of sp³-hybridized carbons (Fsp3) is 0.800. The SMILES string of the molecule is CCC.CCOC(=O)/C(C)=C/CNC(=O)C(NC(=O)C1CCCCN1C(C)CC)C(C)C. The molecule has 0 bridgehead atoms. The first-order valence-corrected chi connectivity index (χ1v) is 12.3. The molecule has 1 fully saturated rings. The van der Waals surface area contributed by atoms with Crippen molar-refractivity contribution in [3.05, 3.63) is 11.6 Å². The molecule has 0 aromatic rings. The van der Waals surface area contributed by atoms with Crippen molar-refractivity contribution < 1.29 is 19.1 Å². The second kappa shape index (κ2) is 16.7. The van der Waals surface area contributed by atoms with Crippen LogP contribution in [-0.4, -0.2) is 60.5 Å². The molecular weight excluding hydrogens is 406 g/mol. The molecule has 1 heterocycles. The molecular formula is C25H47N3O4. The van der Waals surface area contributed by atoms with E-state index in [0.29, 0.717) is 18.2 Å². The summed E-state index contributed by atoms with van der Waals surface area (Å²) in [5, 5.41) is 5.77. The normalized spacial score (nSPS) is 18.8. The molecule has 0 spiro atoms. The summed E-state index contributed by atoms with van der Waals surface area (Å²) in [7, 11) is 0. The Bertz CT molecular complexity index is 604. The Morgan fingerprint density at radius 1 is 1.09 bits per heavy atom. The van der Waals surface area contributed by atoms with Gasteiger partial charge in [0.25, 0.3) is 0 Å². The summed E-state index contributed by atoms with van der Waals surface area (Å²) >= 11 is 0. The van der Waals surface area contributed by atoms with E-state index in [1.165, 1.54) is 6.42 Å². The van der Waals surface area contributed by atoms with Crippen LogP contribution in [0.4, 0.5) is 0 Å². The average molecular weight is 454 g/mol. The highest BCUT2D eigenvalue weighted by atomic mass is 16.5. The Morgan fingerprint density at radius 2 is 1.72 bits per heavy atom. The van der Waals surface area contributed by atoms with Crippen molar-refractivity contribution in [3.63, 3.8) is 0 Å². The van der Waals surface area contributed by atoms with E-state index < -0.39 is 12.0 Å². The van der Waals surface area contributed by atoms with Crippen LogP contribution in [-0.2, 0) is 19.1 Å². The number of ether oxygens (including phenoxy) is 1.